The van der Waals surface area contributed by atoms with E-state index in [1.165, 1.54) is 7.11 Å². The van der Waals surface area contributed by atoms with Crippen LogP contribution in [0.2, 0.25) is 0 Å². The van der Waals surface area contributed by atoms with E-state index in [-0.39, 0.29) is 12.4 Å². The van der Waals surface area contributed by atoms with Gasteiger partial charge in [0, 0.05) is 12.0 Å². The Morgan fingerprint density at radius 1 is 1.26 bits per heavy atom. The van der Waals surface area contributed by atoms with E-state index in [1.54, 1.807) is 24.3 Å². The summed E-state index contributed by atoms with van der Waals surface area (Å²) in [7, 11) is 1.30. The maximum atomic E-state index is 11.8. The second kappa shape index (κ2) is 7.15. The molecule has 0 bridgehead atoms. The molecular formula is C13H15NO5. The molecule has 0 fully saturated rings. The monoisotopic (exact) mass is 265 g/mol. The summed E-state index contributed by atoms with van der Waals surface area (Å²) < 4.78 is 4.53. The molecule has 0 spiro atoms. The van der Waals surface area contributed by atoms with Gasteiger partial charge in [-0.2, -0.15) is 0 Å². The maximum Gasteiger partial charge on any atom is 0.322 e. The number of aryl methyl sites for hydroxylation is 1. The molecule has 0 atom stereocenters. The number of carboxylic acids is 1. The lowest BCUT2D eigenvalue weighted by atomic mass is 10.0. The van der Waals surface area contributed by atoms with Crippen LogP contribution in [0.4, 0.5) is 0 Å². The van der Waals surface area contributed by atoms with Gasteiger partial charge in [0.25, 0.3) is 5.91 Å². The SMILES string of the molecule is COC(=O)CCc1ccccc1C(=O)NCC(=O)O. The molecule has 1 aromatic carbocycles. The molecule has 0 saturated carbocycles. The van der Waals surface area contributed by atoms with Crippen molar-refractivity contribution in [3.63, 3.8) is 0 Å². The summed E-state index contributed by atoms with van der Waals surface area (Å²) >= 11 is 0. The highest BCUT2D eigenvalue weighted by Gasteiger charge is 2.12. The molecule has 102 valence electrons. The Morgan fingerprint density at radius 3 is 2.58 bits per heavy atom. The first kappa shape index (κ1) is 14.7. The Hall–Kier alpha value is -2.37. The summed E-state index contributed by atoms with van der Waals surface area (Å²) in [5, 5.41) is 10.8. The number of esters is 1. The highest BCUT2D eigenvalue weighted by molar-refractivity contribution is 5.97. The van der Waals surface area contributed by atoms with Crippen molar-refractivity contribution in [1.29, 1.82) is 0 Å². The third kappa shape index (κ3) is 4.79. The lowest BCUT2D eigenvalue weighted by Crippen LogP contribution is -2.30. The molecule has 2 N–H and O–H groups in total. The minimum atomic E-state index is -1.11. The first-order valence-electron chi connectivity index (χ1n) is 5.69. The number of carbonyl (C=O) groups excluding carboxylic acids is 2. The van der Waals surface area contributed by atoms with Gasteiger partial charge < -0.3 is 15.2 Å². The number of benzene rings is 1. The van der Waals surface area contributed by atoms with Crippen LogP contribution < -0.4 is 5.32 Å². The lowest BCUT2D eigenvalue weighted by molar-refractivity contribution is -0.140. The minimum Gasteiger partial charge on any atom is -0.480 e. The van der Waals surface area contributed by atoms with Crippen LogP contribution >= 0.6 is 0 Å². The summed E-state index contributed by atoms with van der Waals surface area (Å²) in [6.45, 7) is -0.440. The zero-order valence-electron chi connectivity index (χ0n) is 10.5. The first-order chi connectivity index (χ1) is 9.04. The Balaban J connectivity index is 2.74. The van der Waals surface area contributed by atoms with Crippen LogP contribution in [-0.2, 0) is 20.7 Å². The van der Waals surface area contributed by atoms with Crippen molar-refractivity contribution in [3.05, 3.63) is 35.4 Å². The summed E-state index contributed by atoms with van der Waals surface area (Å²) in [6, 6.07) is 6.74. The molecule has 1 aromatic rings. The molecule has 0 unspecified atom stereocenters. The van der Waals surface area contributed by atoms with Crippen LogP contribution in [-0.4, -0.2) is 36.6 Å². The van der Waals surface area contributed by atoms with Crippen molar-refractivity contribution in [2.24, 2.45) is 0 Å². The van der Waals surface area contributed by atoms with Gasteiger partial charge in [0.05, 0.1) is 7.11 Å². The third-order valence-corrected chi connectivity index (χ3v) is 2.49. The fourth-order valence-corrected chi connectivity index (χ4v) is 1.55. The van der Waals surface area contributed by atoms with Crippen LogP contribution in [0.25, 0.3) is 0 Å². The van der Waals surface area contributed by atoms with Crippen LogP contribution in [0.15, 0.2) is 24.3 Å². The van der Waals surface area contributed by atoms with E-state index in [0.29, 0.717) is 17.5 Å². The number of ether oxygens (including phenoxy) is 1. The predicted molar refractivity (Wildman–Crippen MR) is 66.7 cm³/mol. The number of carbonyl (C=O) groups is 3. The summed E-state index contributed by atoms with van der Waals surface area (Å²) in [6.07, 6.45) is 0.531. The summed E-state index contributed by atoms with van der Waals surface area (Å²) in [5.41, 5.74) is 1.04. The van der Waals surface area contributed by atoms with Crippen molar-refractivity contribution in [1.82, 2.24) is 5.32 Å². The Bertz CT molecular complexity index is 484. The van der Waals surface area contributed by atoms with E-state index < -0.39 is 18.4 Å². The molecule has 0 aliphatic heterocycles. The third-order valence-electron chi connectivity index (χ3n) is 2.49. The highest BCUT2D eigenvalue weighted by atomic mass is 16.5. The van der Waals surface area contributed by atoms with Gasteiger partial charge in [-0.05, 0) is 18.1 Å². The number of aliphatic carboxylic acids is 1. The molecule has 1 amide bonds. The standard InChI is InChI=1S/C13H15NO5/c1-19-12(17)7-6-9-4-2-3-5-10(9)13(18)14-8-11(15)16/h2-5H,6-8H2,1H3,(H,14,18)(H,15,16). The second-order valence-corrected chi connectivity index (χ2v) is 3.81. The van der Waals surface area contributed by atoms with E-state index in [0.717, 1.165) is 0 Å². The fourth-order valence-electron chi connectivity index (χ4n) is 1.55. The predicted octanol–water partition coefficient (Wildman–Crippen LogP) is 0.607. The molecule has 0 heterocycles. The van der Waals surface area contributed by atoms with Crippen molar-refractivity contribution < 1.29 is 24.2 Å². The zero-order chi connectivity index (χ0) is 14.3. The number of amides is 1. The molecule has 0 aromatic heterocycles. The number of hydrogen-bond acceptors (Lipinski definition) is 4. The molecular weight excluding hydrogens is 250 g/mol. The van der Waals surface area contributed by atoms with Crippen LogP contribution in [0, 0.1) is 0 Å². The van der Waals surface area contributed by atoms with Crippen molar-refractivity contribution >= 4 is 17.8 Å². The zero-order valence-corrected chi connectivity index (χ0v) is 10.5. The van der Waals surface area contributed by atoms with Gasteiger partial charge >= 0.3 is 11.9 Å². The van der Waals surface area contributed by atoms with Crippen molar-refractivity contribution in [3.8, 4) is 0 Å². The Kier molecular flexibility index (Phi) is 5.53. The number of nitrogens with one attached hydrogen (secondary N) is 1. The average Bonchev–Trinajstić information content (AvgIpc) is 2.42. The highest BCUT2D eigenvalue weighted by Crippen LogP contribution is 2.11. The molecule has 0 aliphatic rings. The molecule has 0 saturated heterocycles. The smallest absolute Gasteiger partial charge is 0.322 e. The van der Waals surface area contributed by atoms with Crippen molar-refractivity contribution in [2.75, 3.05) is 13.7 Å². The quantitative estimate of drug-likeness (QED) is 0.735. The molecule has 0 aliphatic carbocycles. The van der Waals surface area contributed by atoms with Gasteiger partial charge in [-0.15, -0.1) is 0 Å². The Labute approximate surface area is 110 Å². The van der Waals surface area contributed by atoms with E-state index in [2.05, 4.69) is 10.1 Å². The van der Waals surface area contributed by atoms with Gasteiger partial charge in [0.15, 0.2) is 0 Å². The summed E-state index contributed by atoms with van der Waals surface area (Å²) in [4.78, 5) is 33.3. The van der Waals surface area contributed by atoms with Gasteiger partial charge in [0.2, 0.25) is 0 Å². The van der Waals surface area contributed by atoms with Gasteiger partial charge in [-0.1, -0.05) is 18.2 Å². The van der Waals surface area contributed by atoms with Crippen LogP contribution in [0.1, 0.15) is 22.3 Å². The van der Waals surface area contributed by atoms with E-state index in [4.69, 9.17) is 5.11 Å². The van der Waals surface area contributed by atoms with Gasteiger partial charge in [-0.3, -0.25) is 14.4 Å². The second-order valence-electron chi connectivity index (χ2n) is 3.81. The molecule has 1 rings (SSSR count). The Morgan fingerprint density at radius 2 is 1.95 bits per heavy atom. The van der Waals surface area contributed by atoms with Crippen LogP contribution in [0.3, 0.4) is 0 Å². The number of methoxy groups -OCH3 is 1. The topological polar surface area (TPSA) is 92.7 Å². The first-order valence-corrected chi connectivity index (χ1v) is 5.69. The minimum absolute atomic E-state index is 0.166. The molecule has 0 radical (unpaired) electrons. The molecule has 6 nitrogen and oxygen atoms in total. The normalized spacial score (nSPS) is 9.74. The van der Waals surface area contributed by atoms with Crippen LogP contribution in [0.5, 0.6) is 0 Å². The molecule has 6 heteroatoms. The number of carboxylic acid groups (broad SMARTS) is 1. The number of hydrogen-bond donors (Lipinski definition) is 2. The summed E-state index contributed by atoms with van der Waals surface area (Å²) in [5.74, 6) is -1.94. The van der Waals surface area contributed by atoms with E-state index >= 15 is 0 Å². The molecule has 19 heavy (non-hydrogen) atoms. The number of rotatable bonds is 6. The van der Waals surface area contributed by atoms with E-state index in [9.17, 15) is 14.4 Å². The van der Waals surface area contributed by atoms with Crippen molar-refractivity contribution in [2.45, 2.75) is 12.8 Å². The largest absolute Gasteiger partial charge is 0.480 e. The van der Waals surface area contributed by atoms with Gasteiger partial charge in [0.1, 0.15) is 6.54 Å². The average molecular weight is 265 g/mol. The maximum absolute atomic E-state index is 11.8. The van der Waals surface area contributed by atoms with E-state index in [1.807, 2.05) is 0 Å². The van der Waals surface area contributed by atoms with Gasteiger partial charge in [-0.25, -0.2) is 0 Å². The fraction of sp³-hybridized carbons (Fsp3) is 0.308. The lowest BCUT2D eigenvalue weighted by Gasteiger charge is -2.08.